The fourth-order valence-corrected chi connectivity index (χ4v) is 3.38. The molecule has 1 aliphatic heterocycles. The van der Waals surface area contributed by atoms with Crippen molar-refractivity contribution >= 4 is 8.32 Å². The number of nitrogens with zero attached hydrogens (tertiary/aromatic N) is 1. The number of hydrogen-bond donors (Lipinski definition) is 1. The Kier molecular flexibility index (Phi) is 4.52. The minimum atomic E-state index is -1.99. The number of nitrogens with one attached hydrogen (secondary N) is 1. The summed E-state index contributed by atoms with van der Waals surface area (Å²) in [5.41, 5.74) is -1.79. The Labute approximate surface area is 131 Å². The zero-order valence-electron chi connectivity index (χ0n) is 14.1. The molecule has 2 rings (SSSR count). The third-order valence-electron chi connectivity index (χ3n) is 4.81. The highest BCUT2D eigenvalue weighted by molar-refractivity contribution is 6.74. The van der Waals surface area contributed by atoms with Crippen LogP contribution in [0.3, 0.4) is 0 Å². The molecular formula is C15H26N2O4Si. The summed E-state index contributed by atoms with van der Waals surface area (Å²) in [6.45, 7) is 11.5. The fourth-order valence-electron chi connectivity index (χ4n) is 2.36. The van der Waals surface area contributed by atoms with E-state index in [0.717, 1.165) is 6.42 Å². The molecule has 22 heavy (non-hydrogen) atoms. The molecule has 1 atom stereocenters. The van der Waals surface area contributed by atoms with Gasteiger partial charge in [-0.15, -0.1) is 0 Å². The molecule has 0 spiro atoms. The average Bonchev–Trinajstić information content (AvgIpc) is 2.85. The van der Waals surface area contributed by atoms with Crippen molar-refractivity contribution in [3.05, 3.63) is 33.1 Å². The molecule has 1 saturated heterocycles. The molecule has 0 bridgehead atoms. The Morgan fingerprint density at radius 1 is 1.41 bits per heavy atom. The molecule has 0 aromatic carbocycles. The van der Waals surface area contributed by atoms with Crippen LogP contribution >= 0.6 is 0 Å². The van der Waals surface area contributed by atoms with Gasteiger partial charge < -0.3 is 14.1 Å². The second kappa shape index (κ2) is 5.79. The molecule has 1 aliphatic rings. The van der Waals surface area contributed by atoms with E-state index in [2.05, 4.69) is 38.8 Å². The van der Waals surface area contributed by atoms with E-state index in [4.69, 9.17) is 9.16 Å². The molecular weight excluding hydrogens is 300 g/mol. The van der Waals surface area contributed by atoms with Crippen LogP contribution in [0.1, 0.15) is 33.6 Å². The molecule has 0 radical (unpaired) electrons. The van der Waals surface area contributed by atoms with E-state index in [1.54, 1.807) is 0 Å². The molecule has 1 aromatic rings. The lowest BCUT2D eigenvalue weighted by molar-refractivity contribution is -0.100. The number of aromatic amines is 1. The number of aromatic nitrogens is 2. The molecule has 124 valence electrons. The quantitative estimate of drug-likeness (QED) is 0.859. The summed E-state index contributed by atoms with van der Waals surface area (Å²) in [4.78, 5) is 26.9. The highest BCUT2D eigenvalue weighted by Gasteiger charge is 2.44. The third-order valence-corrected chi connectivity index (χ3v) is 9.29. The lowest BCUT2D eigenvalue weighted by atomic mass is 10.1. The summed E-state index contributed by atoms with van der Waals surface area (Å²) >= 11 is 0. The second-order valence-corrected chi connectivity index (χ2v) is 12.2. The monoisotopic (exact) mass is 326 g/mol. The predicted octanol–water partition coefficient (Wildman–Crippen LogP) is 2.02. The van der Waals surface area contributed by atoms with Gasteiger partial charge in [-0.05, 0) is 24.6 Å². The highest BCUT2D eigenvalue weighted by atomic mass is 28.4. The Balaban J connectivity index is 2.35. The van der Waals surface area contributed by atoms with E-state index in [0.29, 0.717) is 13.0 Å². The van der Waals surface area contributed by atoms with Crippen LogP contribution in [0.25, 0.3) is 0 Å². The molecule has 2 heterocycles. The van der Waals surface area contributed by atoms with E-state index < -0.39 is 19.7 Å². The predicted molar refractivity (Wildman–Crippen MR) is 87.6 cm³/mol. The lowest BCUT2D eigenvalue weighted by Crippen LogP contribution is -2.54. The largest absolute Gasteiger partial charge is 0.412 e. The molecule has 0 aliphatic carbocycles. The first-order valence-electron chi connectivity index (χ1n) is 7.68. The first-order valence-corrected chi connectivity index (χ1v) is 10.6. The Morgan fingerprint density at radius 3 is 2.59 bits per heavy atom. The van der Waals surface area contributed by atoms with Crippen LogP contribution < -0.4 is 11.2 Å². The molecule has 1 aromatic heterocycles. The van der Waals surface area contributed by atoms with Crippen molar-refractivity contribution in [3.63, 3.8) is 0 Å². The second-order valence-electron chi connectivity index (χ2n) is 7.40. The van der Waals surface area contributed by atoms with Crippen molar-refractivity contribution in [1.29, 1.82) is 0 Å². The molecule has 0 amide bonds. The van der Waals surface area contributed by atoms with Gasteiger partial charge in [0.05, 0.1) is 6.61 Å². The van der Waals surface area contributed by atoms with Gasteiger partial charge in [-0.1, -0.05) is 20.8 Å². The first kappa shape index (κ1) is 17.2. The summed E-state index contributed by atoms with van der Waals surface area (Å²) in [5.74, 6) is 0. The maximum atomic E-state index is 12.2. The molecule has 1 fully saturated rings. The van der Waals surface area contributed by atoms with Gasteiger partial charge in [0.15, 0.2) is 14.0 Å². The van der Waals surface area contributed by atoms with Gasteiger partial charge >= 0.3 is 5.69 Å². The van der Waals surface area contributed by atoms with Crippen LogP contribution in [0.4, 0.5) is 0 Å². The van der Waals surface area contributed by atoms with Crippen LogP contribution in [0.2, 0.25) is 18.1 Å². The van der Waals surface area contributed by atoms with Crippen molar-refractivity contribution < 1.29 is 9.16 Å². The lowest BCUT2D eigenvalue weighted by Gasteiger charge is -2.39. The molecule has 1 N–H and O–H groups in total. The summed E-state index contributed by atoms with van der Waals surface area (Å²) in [7, 11) is -1.99. The van der Waals surface area contributed by atoms with Crippen LogP contribution in [0.5, 0.6) is 0 Å². The van der Waals surface area contributed by atoms with Gasteiger partial charge in [0.2, 0.25) is 0 Å². The van der Waals surface area contributed by atoms with Crippen molar-refractivity contribution in [1.82, 2.24) is 9.55 Å². The first-order chi connectivity index (χ1) is 10.1. The minimum Gasteiger partial charge on any atom is -0.412 e. The molecule has 0 saturated carbocycles. The Bertz CT molecular complexity index is 608. The third kappa shape index (κ3) is 3.11. The van der Waals surface area contributed by atoms with E-state index in [9.17, 15) is 9.59 Å². The topological polar surface area (TPSA) is 73.3 Å². The SMILES string of the molecule is CC(C)(C)[Si](C)(C)OCC1(n2c(=O)cc[nH]c2=O)CCCO1. The van der Waals surface area contributed by atoms with E-state index in [-0.39, 0.29) is 17.2 Å². The Hall–Kier alpha value is -1.18. The standard InChI is InChI=1S/C15H26N2O4Si/c1-14(2,3)22(4,5)21-11-15(8-6-10-20-15)17-12(18)7-9-16-13(17)19/h7,9H,6,8,10-11H2,1-5H3,(H,16,19). The highest BCUT2D eigenvalue weighted by Crippen LogP contribution is 2.38. The number of H-pyrrole nitrogens is 1. The Morgan fingerprint density at radius 2 is 2.09 bits per heavy atom. The van der Waals surface area contributed by atoms with Crippen molar-refractivity contribution in [2.45, 2.75) is 57.5 Å². The van der Waals surface area contributed by atoms with Gasteiger partial charge in [-0.25, -0.2) is 9.36 Å². The van der Waals surface area contributed by atoms with Crippen molar-refractivity contribution in [2.75, 3.05) is 13.2 Å². The number of rotatable bonds is 4. The summed E-state index contributed by atoms with van der Waals surface area (Å²) in [6, 6.07) is 1.34. The van der Waals surface area contributed by atoms with E-state index in [1.807, 2.05) is 0 Å². The van der Waals surface area contributed by atoms with Crippen LogP contribution in [-0.2, 0) is 14.9 Å². The maximum absolute atomic E-state index is 12.2. The summed E-state index contributed by atoms with van der Waals surface area (Å²) in [6.07, 6.45) is 2.77. The molecule has 1 unspecified atom stereocenters. The smallest absolute Gasteiger partial charge is 0.330 e. The number of hydrogen-bond acceptors (Lipinski definition) is 4. The summed E-state index contributed by atoms with van der Waals surface area (Å²) in [5, 5.41) is 0.0564. The fraction of sp³-hybridized carbons (Fsp3) is 0.733. The summed E-state index contributed by atoms with van der Waals surface area (Å²) < 4.78 is 13.3. The average molecular weight is 326 g/mol. The van der Waals surface area contributed by atoms with Crippen molar-refractivity contribution in [3.8, 4) is 0 Å². The number of ether oxygens (including phenoxy) is 1. The van der Waals surface area contributed by atoms with Gasteiger partial charge in [-0.2, -0.15) is 0 Å². The van der Waals surface area contributed by atoms with Gasteiger partial charge in [0.1, 0.15) is 0 Å². The van der Waals surface area contributed by atoms with Gasteiger partial charge in [0.25, 0.3) is 5.56 Å². The zero-order valence-corrected chi connectivity index (χ0v) is 15.1. The minimum absolute atomic E-state index is 0.0564. The van der Waals surface area contributed by atoms with E-state index >= 15 is 0 Å². The van der Waals surface area contributed by atoms with Crippen LogP contribution in [0.15, 0.2) is 21.9 Å². The maximum Gasteiger partial charge on any atom is 0.330 e. The zero-order chi connectivity index (χ0) is 16.6. The van der Waals surface area contributed by atoms with E-state index in [1.165, 1.54) is 16.8 Å². The van der Waals surface area contributed by atoms with Gasteiger partial charge in [0, 0.05) is 25.3 Å². The normalized spacial score (nSPS) is 23.0. The van der Waals surface area contributed by atoms with Crippen LogP contribution in [-0.4, -0.2) is 31.1 Å². The molecule has 7 heteroatoms. The van der Waals surface area contributed by atoms with Gasteiger partial charge in [-0.3, -0.25) is 4.79 Å². The van der Waals surface area contributed by atoms with Crippen molar-refractivity contribution in [2.24, 2.45) is 0 Å². The van der Waals surface area contributed by atoms with Crippen LogP contribution in [0, 0.1) is 0 Å². The molecule has 6 nitrogen and oxygen atoms in total.